The average Bonchev–Trinajstić information content (AvgIpc) is 3.10. The van der Waals surface area contributed by atoms with Gasteiger partial charge in [-0.15, -0.1) is 0 Å². The largest absolute Gasteiger partial charge is 0.481 e. The van der Waals surface area contributed by atoms with Crippen LogP contribution < -0.4 is 5.32 Å². The lowest BCUT2D eigenvalue weighted by Crippen LogP contribution is -2.36. The Morgan fingerprint density at radius 2 is 2.08 bits per heavy atom. The van der Waals surface area contributed by atoms with Gasteiger partial charge in [-0.3, -0.25) is 14.4 Å². The van der Waals surface area contributed by atoms with Crippen molar-refractivity contribution in [3.8, 4) is 0 Å². The van der Waals surface area contributed by atoms with Crippen molar-refractivity contribution in [2.24, 2.45) is 11.8 Å². The van der Waals surface area contributed by atoms with E-state index in [0.717, 1.165) is 12.8 Å². The zero-order valence-corrected chi connectivity index (χ0v) is 13.7. The summed E-state index contributed by atoms with van der Waals surface area (Å²) in [6.07, 6.45) is 2.42. The highest BCUT2D eigenvalue weighted by atomic mass is 16.4. The van der Waals surface area contributed by atoms with E-state index < -0.39 is 5.97 Å². The van der Waals surface area contributed by atoms with Crippen molar-refractivity contribution in [3.63, 3.8) is 0 Å². The first-order valence-corrected chi connectivity index (χ1v) is 8.39. The summed E-state index contributed by atoms with van der Waals surface area (Å²) in [5, 5.41) is 11.8. The highest BCUT2D eigenvalue weighted by Gasteiger charge is 2.39. The summed E-state index contributed by atoms with van der Waals surface area (Å²) in [5.74, 6) is -0.565. The molecule has 1 saturated heterocycles. The molecule has 3 atom stereocenters. The molecule has 24 heavy (non-hydrogen) atoms. The molecule has 0 radical (unpaired) electrons. The second-order valence-electron chi connectivity index (χ2n) is 6.78. The molecule has 128 valence electrons. The molecule has 2 fully saturated rings. The van der Waals surface area contributed by atoms with Gasteiger partial charge in [-0.2, -0.15) is 0 Å². The number of carbonyl (C=O) groups is 3. The number of amides is 2. The summed E-state index contributed by atoms with van der Waals surface area (Å²) in [4.78, 5) is 37.3. The third kappa shape index (κ3) is 3.58. The number of anilines is 1. The van der Waals surface area contributed by atoms with E-state index in [-0.39, 0.29) is 30.2 Å². The van der Waals surface area contributed by atoms with Crippen LogP contribution in [0.2, 0.25) is 0 Å². The first-order chi connectivity index (χ1) is 11.5. The fourth-order valence-electron chi connectivity index (χ4n) is 3.34. The van der Waals surface area contributed by atoms with Gasteiger partial charge in [0.05, 0.1) is 6.42 Å². The van der Waals surface area contributed by atoms with Crippen LogP contribution in [0, 0.1) is 11.8 Å². The van der Waals surface area contributed by atoms with Crippen LogP contribution in [0.15, 0.2) is 24.3 Å². The number of benzene rings is 1. The third-order valence-corrected chi connectivity index (χ3v) is 4.87. The minimum Gasteiger partial charge on any atom is -0.481 e. The van der Waals surface area contributed by atoms with E-state index in [4.69, 9.17) is 5.11 Å². The van der Waals surface area contributed by atoms with Crippen molar-refractivity contribution >= 4 is 23.5 Å². The number of carboxylic acid groups (broad SMARTS) is 1. The SMILES string of the molecule is CC1CC1C(=O)Nc1cccc(C(=O)N2CCCC2CC(=O)O)c1. The fourth-order valence-corrected chi connectivity index (χ4v) is 3.34. The predicted molar refractivity (Wildman–Crippen MR) is 88.7 cm³/mol. The Kier molecular flexibility index (Phi) is 4.55. The normalized spacial score (nSPS) is 25.4. The van der Waals surface area contributed by atoms with E-state index in [1.54, 1.807) is 29.2 Å². The summed E-state index contributed by atoms with van der Waals surface area (Å²) in [6, 6.07) is 6.62. The molecule has 0 spiro atoms. The standard InChI is InChI=1S/C18H22N2O4/c1-11-8-15(11)17(23)19-13-5-2-4-12(9-13)18(24)20-7-3-6-14(20)10-16(21)22/h2,4-5,9,11,14-15H,3,6-8,10H2,1H3,(H,19,23)(H,21,22). The molecule has 2 aliphatic rings. The van der Waals surface area contributed by atoms with Crippen LogP contribution in [0.4, 0.5) is 5.69 Å². The van der Waals surface area contributed by atoms with Crippen molar-refractivity contribution in [2.45, 2.75) is 38.6 Å². The second kappa shape index (κ2) is 6.63. The number of carboxylic acids is 1. The molecule has 0 bridgehead atoms. The minimum absolute atomic E-state index is 0.00275. The van der Waals surface area contributed by atoms with Gasteiger partial charge in [0.1, 0.15) is 0 Å². The molecule has 1 saturated carbocycles. The van der Waals surface area contributed by atoms with E-state index in [1.807, 2.05) is 6.92 Å². The van der Waals surface area contributed by atoms with Crippen molar-refractivity contribution in [1.29, 1.82) is 0 Å². The Morgan fingerprint density at radius 3 is 2.75 bits per heavy atom. The maximum Gasteiger partial charge on any atom is 0.305 e. The van der Waals surface area contributed by atoms with Crippen LogP contribution in [-0.4, -0.2) is 40.4 Å². The molecular formula is C18H22N2O4. The van der Waals surface area contributed by atoms with Gasteiger partial charge in [0, 0.05) is 29.8 Å². The third-order valence-electron chi connectivity index (χ3n) is 4.87. The molecule has 1 aromatic carbocycles. The highest BCUT2D eigenvalue weighted by molar-refractivity contribution is 5.98. The van der Waals surface area contributed by atoms with Crippen molar-refractivity contribution in [1.82, 2.24) is 4.90 Å². The Bertz CT molecular complexity index is 673. The number of nitrogens with one attached hydrogen (secondary N) is 1. The summed E-state index contributed by atoms with van der Waals surface area (Å²) < 4.78 is 0. The smallest absolute Gasteiger partial charge is 0.305 e. The molecule has 2 N–H and O–H groups in total. The molecule has 2 amide bonds. The summed E-state index contributed by atoms with van der Waals surface area (Å²) in [6.45, 7) is 2.62. The molecule has 6 heteroatoms. The number of aliphatic carboxylic acids is 1. The van der Waals surface area contributed by atoms with Gasteiger partial charge in [0.25, 0.3) is 5.91 Å². The molecule has 0 aromatic heterocycles. The first-order valence-electron chi connectivity index (χ1n) is 8.39. The number of likely N-dealkylation sites (tertiary alicyclic amines) is 1. The zero-order valence-electron chi connectivity index (χ0n) is 13.7. The lowest BCUT2D eigenvalue weighted by Gasteiger charge is -2.23. The van der Waals surface area contributed by atoms with Crippen LogP contribution in [0.5, 0.6) is 0 Å². The fraction of sp³-hybridized carbons (Fsp3) is 0.500. The maximum absolute atomic E-state index is 12.7. The highest BCUT2D eigenvalue weighted by Crippen LogP contribution is 2.38. The molecule has 3 unspecified atom stereocenters. The first kappa shape index (κ1) is 16.5. The molecular weight excluding hydrogens is 308 g/mol. The minimum atomic E-state index is -0.890. The van der Waals surface area contributed by atoms with Gasteiger partial charge in [0.2, 0.25) is 5.91 Å². The number of hydrogen-bond donors (Lipinski definition) is 2. The van der Waals surface area contributed by atoms with Crippen molar-refractivity contribution in [2.75, 3.05) is 11.9 Å². The van der Waals surface area contributed by atoms with Gasteiger partial charge in [-0.05, 0) is 43.4 Å². The topological polar surface area (TPSA) is 86.7 Å². The van der Waals surface area contributed by atoms with Gasteiger partial charge < -0.3 is 15.3 Å². The number of carbonyl (C=O) groups excluding carboxylic acids is 2. The molecule has 1 aromatic rings. The van der Waals surface area contributed by atoms with Crippen LogP contribution in [0.1, 0.15) is 43.0 Å². The molecule has 6 nitrogen and oxygen atoms in total. The zero-order chi connectivity index (χ0) is 17.3. The van der Waals surface area contributed by atoms with Gasteiger partial charge in [-0.25, -0.2) is 0 Å². The van der Waals surface area contributed by atoms with Crippen molar-refractivity contribution < 1.29 is 19.5 Å². The quantitative estimate of drug-likeness (QED) is 0.868. The second-order valence-corrected chi connectivity index (χ2v) is 6.78. The van der Waals surface area contributed by atoms with Crippen LogP contribution in [0.25, 0.3) is 0 Å². The molecule has 1 aliphatic heterocycles. The summed E-state index contributed by atoms with van der Waals surface area (Å²) in [7, 11) is 0. The number of rotatable bonds is 5. The molecule has 1 heterocycles. The number of nitrogens with zero attached hydrogens (tertiary/aromatic N) is 1. The molecule has 1 aliphatic carbocycles. The van der Waals surface area contributed by atoms with Crippen LogP contribution in [0.3, 0.4) is 0 Å². The predicted octanol–water partition coefficient (Wildman–Crippen LogP) is 2.36. The van der Waals surface area contributed by atoms with Gasteiger partial charge >= 0.3 is 5.97 Å². The van der Waals surface area contributed by atoms with E-state index >= 15 is 0 Å². The maximum atomic E-state index is 12.7. The van der Waals surface area contributed by atoms with E-state index in [1.165, 1.54) is 0 Å². The summed E-state index contributed by atoms with van der Waals surface area (Å²) in [5.41, 5.74) is 1.09. The Hall–Kier alpha value is -2.37. The molecule has 3 rings (SSSR count). The van der Waals surface area contributed by atoms with Crippen LogP contribution in [-0.2, 0) is 9.59 Å². The lowest BCUT2D eigenvalue weighted by molar-refractivity contribution is -0.138. The van der Waals surface area contributed by atoms with E-state index in [2.05, 4.69) is 5.32 Å². The van der Waals surface area contributed by atoms with Gasteiger partial charge in [-0.1, -0.05) is 13.0 Å². The van der Waals surface area contributed by atoms with Gasteiger partial charge in [0.15, 0.2) is 0 Å². The van der Waals surface area contributed by atoms with Crippen LogP contribution >= 0.6 is 0 Å². The van der Waals surface area contributed by atoms with Crippen molar-refractivity contribution in [3.05, 3.63) is 29.8 Å². The van der Waals surface area contributed by atoms with E-state index in [9.17, 15) is 14.4 Å². The van der Waals surface area contributed by atoms with E-state index in [0.29, 0.717) is 30.1 Å². The lowest BCUT2D eigenvalue weighted by atomic mass is 10.1. The summed E-state index contributed by atoms with van der Waals surface area (Å²) >= 11 is 0. The Morgan fingerprint density at radius 1 is 1.33 bits per heavy atom. The average molecular weight is 330 g/mol. The Labute approximate surface area is 140 Å². The monoisotopic (exact) mass is 330 g/mol. The number of hydrogen-bond acceptors (Lipinski definition) is 3. The Balaban J connectivity index is 1.69.